The van der Waals surface area contributed by atoms with Crippen LogP contribution >= 0.6 is 0 Å². The molecule has 3 aromatic rings. The summed E-state index contributed by atoms with van der Waals surface area (Å²) in [6.07, 6.45) is 6.01. The summed E-state index contributed by atoms with van der Waals surface area (Å²) in [6, 6.07) is 13.1. The molecule has 1 aliphatic carbocycles. The van der Waals surface area contributed by atoms with Gasteiger partial charge in [0.05, 0.1) is 12.1 Å². The number of benzene rings is 2. The Labute approximate surface area is 174 Å². The van der Waals surface area contributed by atoms with Crippen LogP contribution in [-0.2, 0) is 11.2 Å². The quantitative estimate of drug-likeness (QED) is 0.556. The lowest BCUT2D eigenvalue weighted by molar-refractivity contribution is -0.115. The highest BCUT2D eigenvalue weighted by atomic mass is 19.1. The van der Waals surface area contributed by atoms with Gasteiger partial charge in [-0.25, -0.2) is 9.18 Å². The van der Waals surface area contributed by atoms with E-state index in [2.05, 4.69) is 10.6 Å². The van der Waals surface area contributed by atoms with Crippen molar-refractivity contribution in [2.24, 2.45) is 5.92 Å². The van der Waals surface area contributed by atoms with Gasteiger partial charge < -0.3 is 15.1 Å². The van der Waals surface area contributed by atoms with Crippen molar-refractivity contribution in [2.75, 3.05) is 17.2 Å². The van der Waals surface area contributed by atoms with Gasteiger partial charge in [-0.05, 0) is 48.6 Å². The molecule has 2 N–H and O–H groups in total. The molecular formula is C24H25FN2O3. The minimum atomic E-state index is -0.604. The molecule has 156 valence electrons. The summed E-state index contributed by atoms with van der Waals surface area (Å²) in [4.78, 5) is 25.3. The molecule has 5 nitrogen and oxygen atoms in total. The van der Waals surface area contributed by atoms with Crippen molar-refractivity contribution in [3.63, 3.8) is 0 Å². The van der Waals surface area contributed by atoms with Gasteiger partial charge in [0.1, 0.15) is 11.4 Å². The van der Waals surface area contributed by atoms with Crippen molar-refractivity contribution in [2.45, 2.75) is 38.5 Å². The van der Waals surface area contributed by atoms with E-state index < -0.39 is 17.3 Å². The molecule has 0 aliphatic heterocycles. The SMILES string of the molecule is O=C(Cc1cccc(F)c1)Nc1c(NCC2CCCCC2)c2ccccc2oc1=O. The monoisotopic (exact) mass is 408 g/mol. The number of carbonyl (C=O) groups excluding carboxylic acids is 1. The van der Waals surface area contributed by atoms with E-state index in [-0.39, 0.29) is 12.1 Å². The van der Waals surface area contributed by atoms with Crippen LogP contribution in [0.1, 0.15) is 37.7 Å². The number of nitrogens with one attached hydrogen (secondary N) is 2. The van der Waals surface area contributed by atoms with E-state index in [9.17, 15) is 14.0 Å². The van der Waals surface area contributed by atoms with Crippen molar-refractivity contribution in [3.8, 4) is 0 Å². The van der Waals surface area contributed by atoms with Gasteiger partial charge in [0.25, 0.3) is 0 Å². The minimum Gasteiger partial charge on any atom is -0.421 e. The molecule has 0 radical (unpaired) electrons. The number of fused-ring (bicyclic) bond motifs is 1. The van der Waals surface area contributed by atoms with Crippen LogP contribution in [0, 0.1) is 11.7 Å². The molecule has 1 aliphatic rings. The summed E-state index contributed by atoms with van der Waals surface area (Å²) >= 11 is 0. The maximum atomic E-state index is 13.4. The maximum absolute atomic E-state index is 13.4. The largest absolute Gasteiger partial charge is 0.421 e. The lowest BCUT2D eigenvalue weighted by Gasteiger charge is -2.23. The predicted octanol–water partition coefficient (Wildman–Crippen LogP) is 5.11. The Morgan fingerprint density at radius 1 is 1.03 bits per heavy atom. The zero-order valence-electron chi connectivity index (χ0n) is 16.7. The predicted molar refractivity (Wildman–Crippen MR) is 116 cm³/mol. The van der Waals surface area contributed by atoms with Crippen molar-refractivity contribution in [3.05, 3.63) is 70.3 Å². The molecule has 0 unspecified atom stereocenters. The van der Waals surface area contributed by atoms with E-state index in [0.717, 1.165) is 24.8 Å². The molecule has 0 spiro atoms. The molecule has 1 heterocycles. The van der Waals surface area contributed by atoms with Gasteiger partial charge in [-0.1, -0.05) is 43.5 Å². The van der Waals surface area contributed by atoms with Crippen LogP contribution in [-0.4, -0.2) is 12.5 Å². The fourth-order valence-electron chi connectivity index (χ4n) is 4.10. The number of para-hydroxylation sites is 1. The number of carbonyl (C=O) groups is 1. The zero-order valence-corrected chi connectivity index (χ0v) is 16.7. The second kappa shape index (κ2) is 9.11. The van der Waals surface area contributed by atoms with Crippen LogP contribution in [0.25, 0.3) is 11.0 Å². The Balaban J connectivity index is 1.61. The van der Waals surface area contributed by atoms with Gasteiger partial charge in [-0.15, -0.1) is 0 Å². The molecule has 1 saturated carbocycles. The third-order valence-electron chi connectivity index (χ3n) is 5.62. The number of amides is 1. The average molecular weight is 408 g/mol. The number of rotatable bonds is 6. The highest BCUT2D eigenvalue weighted by Gasteiger charge is 2.19. The molecule has 0 saturated heterocycles. The van der Waals surface area contributed by atoms with Gasteiger partial charge in [-0.2, -0.15) is 0 Å². The van der Waals surface area contributed by atoms with Crippen molar-refractivity contribution < 1.29 is 13.6 Å². The van der Waals surface area contributed by atoms with Gasteiger partial charge in [0.15, 0.2) is 5.69 Å². The first kappa shape index (κ1) is 20.1. The second-order valence-corrected chi connectivity index (χ2v) is 7.88. The summed E-state index contributed by atoms with van der Waals surface area (Å²) in [5.41, 5.74) is 1.09. The second-order valence-electron chi connectivity index (χ2n) is 7.88. The smallest absolute Gasteiger partial charge is 0.362 e. The molecule has 30 heavy (non-hydrogen) atoms. The number of anilines is 2. The lowest BCUT2D eigenvalue weighted by Crippen LogP contribution is -2.23. The van der Waals surface area contributed by atoms with Crippen LogP contribution in [0.3, 0.4) is 0 Å². The Morgan fingerprint density at radius 2 is 1.83 bits per heavy atom. The van der Waals surface area contributed by atoms with Crippen molar-refractivity contribution in [1.82, 2.24) is 0 Å². The first-order chi connectivity index (χ1) is 14.6. The third kappa shape index (κ3) is 4.70. The highest BCUT2D eigenvalue weighted by Crippen LogP contribution is 2.30. The van der Waals surface area contributed by atoms with E-state index in [0.29, 0.717) is 22.8 Å². The minimum absolute atomic E-state index is 0.0356. The third-order valence-corrected chi connectivity index (χ3v) is 5.62. The number of halogens is 1. The molecule has 1 amide bonds. The summed E-state index contributed by atoms with van der Waals surface area (Å²) in [5.74, 6) is -0.259. The van der Waals surface area contributed by atoms with Crippen molar-refractivity contribution >= 4 is 28.3 Å². The fourth-order valence-corrected chi connectivity index (χ4v) is 4.10. The van der Waals surface area contributed by atoms with Gasteiger partial charge in [-0.3, -0.25) is 4.79 Å². The molecule has 2 aromatic carbocycles. The summed E-state index contributed by atoms with van der Waals surface area (Å²) in [6.45, 7) is 0.736. The fraction of sp³-hybridized carbons (Fsp3) is 0.333. The molecular weight excluding hydrogens is 383 g/mol. The molecule has 1 aromatic heterocycles. The maximum Gasteiger partial charge on any atom is 0.362 e. The normalized spacial score (nSPS) is 14.6. The van der Waals surface area contributed by atoms with Gasteiger partial charge in [0.2, 0.25) is 5.91 Å². The Kier molecular flexibility index (Phi) is 6.12. The van der Waals surface area contributed by atoms with Crippen LogP contribution in [0.15, 0.2) is 57.7 Å². The Hall–Kier alpha value is -3.15. The molecule has 6 heteroatoms. The van der Waals surface area contributed by atoms with Crippen LogP contribution in [0.4, 0.5) is 15.8 Å². The summed E-state index contributed by atoms with van der Waals surface area (Å²) in [5, 5.41) is 6.85. The molecule has 4 rings (SSSR count). The summed E-state index contributed by atoms with van der Waals surface area (Å²) in [7, 11) is 0. The van der Waals surface area contributed by atoms with Crippen LogP contribution < -0.4 is 16.3 Å². The van der Waals surface area contributed by atoms with Crippen molar-refractivity contribution in [1.29, 1.82) is 0 Å². The van der Waals surface area contributed by atoms with E-state index in [1.807, 2.05) is 12.1 Å². The summed E-state index contributed by atoms with van der Waals surface area (Å²) < 4.78 is 18.8. The highest BCUT2D eigenvalue weighted by molar-refractivity contribution is 6.02. The first-order valence-corrected chi connectivity index (χ1v) is 10.4. The van der Waals surface area contributed by atoms with E-state index >= 15 is 0 Å². The van der Waals surface area contributed by atoms with Gasteiger partial charge >= 0.3 is 5.63 Å². The zero-order chi connectivity index (χ0) is 20.9. The van der Waals surface area contributed by atoms with E-state index in [1.54, 1.807) is 24.3 Å². The Bertz CT molecular complexity index is 1100. The van der Waals surface area contributed by atoms with Crippen LogP contribution in [0.2, 0.25) is 0 Å². The van der Waals surface area contributed by atoms with Crippen LogP contribution in [0.5, 0.6) is 0 Å². The standard InChI is InChI=1S/C24H25FN2O3/c25-18-10-6-9-17(13-18)14-21(28)27-23-22(26-15-16-7-2-1-3-8-16)19-11-4-5-12-20(19)30-24(23)29/h4-6,9-13,16,26H,1-3,7-8,14-15H2,(H,27,28). The van der Waals surface area contributed by atoms with E-state index in [1.165, 1.54) is 31.4 Å². The first-order valence-electron chi connectivity index (χ1n) is 10.4. The molecule has 0 bridgehead atoms. The van der Waals surface area contributed by atoms with E-state index in [4.69, 9.17) is 4.42 Å². The average Bonchev–Trinajstić information content (AvgIpc) is 2.74. The molecule has 1 fully saturated rings. The molecule has 0 atom stereocenters. The Morgan fingerprint density at radius 3 is 2.63 bits per heavy atom. The van der Waals surface area contributed by atoms with Gasteiger partial charge in [0, 0.05) is 11.9 Å². The number of hydrogen-bond acceptors (Lipinski definition) is 4. The topological polar surface area (TPSA) is 71.3 Å². The lowest BCUT2D eigenvalue weighted by atomic mass is 9.89. The number of hydrogen-bond donors (Lipinski definition) is 2.